The minimum atomic E-state index is -0.410. The molecule has 1 aliphatic rings. The number of methoxy groups -OCH3 is 2. The number of thiophene rings is 1. The van der Waals surface area contributed by atoms with E-state index in [1.807, 2.05) is 36.4 Å². The zero-order valence-electron chi connectivity index (χ0n) is 21.1. The Hall–Kier alpha value is -3.58. The average Bonchev–Trinajstić information content (AvgIpc) is 3.23. The minimum absolute atomic E-state index is 0.314. The van der Waals surface area contributed by atoms with E-state index in [4.69, 9.17) is 14.2 Å². The van der Waals surface area contributed by atoms with Crippen LogP contribution in [0.3, 0.4) is 0 Å². The van der Waals surface area contributed by atoms with E-state index in [9.17, 15) is 9.59 Å². The number of rotatable bonds is 8. The maximum Gasteiger partial charge on any atom is 0.341 e. The van der Waals surface area contributed by atoms with Crippen molar-refractivity contribution >= 4 is 34.3 Å². The molecule has 0 bridgehead atoms. The summed E-state index contributed by atoms with van der Waals surface area (Å²) < 4.78 is 16.5. The van der Waals surface area contributed by atoms with Gasteiger partial charge in [0.25, 0.3) is 0 Å². The third kappa shape index (κ3) is 5.79. The van der Waals surface area contributed by atoms with Crippen molar-refractivity contribution in [3.05, 3.63) is 81.2 Å². The summed E-state index contributed by atoms with van der Waals surface area (Å²) in [5, 5.41) is 3.44. The summed E-state index contributed by atoms with van der Waals surface area (Å²) in [6, 6.07) is 13.6. The van der Waals surface area contributed by atoms with Crippen LogP contribution in [0.25, 0.3) is 6.08 Å². The van der Waals surface area contributed by atoms with Crippen molar-refractivity contribution in [2.24, 2.45) is 5.92 Å². The lowest BCUT2D eigenvalue weighted by Crippen LogP contribution is -2.14. The lowest BCUT2D eigenvalue weighted by Gasteiger charge is -2.18. The molecule has 6 nitrogen and oxygen atoms in total. The minimum Gasteiger partial charge on any atom is -0.493 e. The Morgan fingerprint density at radius 1 is 1.14 bits per heavy atom. The van der Waals surface area contributed by atoms with Gasteiger partial charge in [0.05, 0.1) is 19.8 Å². The zero-order chi connectivity index (χ0) is 25.7. The number of nitrogens with one attached hydrogen (secondary N) is 1. The molecule has 0 radical (unpaired) electrons. The molecule has 1 N–H and O–H groups in total. The van der Waals surface area contributed by atoms with Crippen LogP contribution in [0.1, 0.15) is 50.8 Å². The monoisotopic (exact) mass is 505 g/mol. The highest BCUT2D eigenvalue weighted by atomic mass is 32.1. The normalized spacial score (nSPS) is 14.8. The highest BCUT2D eigenvalue weighted by molar-refractivity contribution is 7.17. The van der Waals surface area contributed by atoms with Crippen molar-refractivity contribution in [2.45, 2.75) is 39.7 Å². The largest absolute Gasteiger partial charge is 0.493 e. The lowest BCUT2D eigenvalue weighted by molar-refractivity contribution is -0.111. The molecule has 1 atom stereocenters. The molecule has 36 heavy (non-hydrogen) atoms. The number of carbonyl (C=O) groups excluding carboxylic acids is 2. The predicted molar refractivity (Wildman–Crippen MR) is 143 cm³/mol. The maximum atomic E-state index is 12.7. The summed E-state index contributed by atoms with van der Waals surface area (Å²) in [7, 11) is 2.95. The first-order chi connectivity index (χ1) is 17.4. The second kappa shape index (κ2) is 11.4. The molecular formula is C29H31NO5S. The van der Waals surface area contributed by atoms with Crippen molar-refractivity contribution in [1.29, 1.82) is 0 Å². The van der Waals surface area contributed by atoms with Gasteiger partial charge in [-0.2, -0.15) is 0 Å². The third-order valence-electron chi connectivity index (χ3n) is 6.40. The summed E-state index contributed by atoms with van der Waals surface area (Å²) in [5.41, 5.74) is 4.56. The van der Waals surface area contributed by atoms with Gasteiger partial charge >= 0.3 is 5.97 Å². The van der Waals surface area contributed by atoms with E-state index in [1.165, 1.54) is 30.1 Å². The SMILES string of the molecule is COC(=O)c1c(NC(=O)C=Cc2ccc(OCc3ccccc3C)c(OC)c2)sc2c1CCC(C)C2. The first kappa shape index (κ1) is 25.5. The van der Waals surface area contributed by atoms with Gasteiger partial charge in [0.1, 0.15) is 11.6 Å². The van der Waals surface area contributed by atoms with E-state index in [1.54, 1.807) is 13.2 Å². The van der Waals surface area contributed by atoms with Crippen molar-refractivity contribution in [3.63, 3.8) is 0 Å². The van der Waals surface area contributed by atoms with Crippen LogP contribution in [0.15, 0.2) is 48.5 Å². The van der Waals surface area contributed by atoms with Crippen LogP contribution < -0.4 is 14.8 Å². The van der Waals surface area contributed by atoms with Gasteiger partial charge in [-0.25, -0.2) is 4.79 Å². The summed E-state index contributed by atoms with van der Waals surface area (Å²) in [6.45, 7) is 4.69. The van der Waals surface area contributed by atoms with Gasteiger partial charge in [-0.05, 0) is 72.6 Å². The second-order valence-electron chi connectivity index (χ2n) is 9.00. The van der Waals surface area contributed by atoms with E-state index >= 15 is 0 Å². The molecule has 0 aliphatic heterocycles. The van der Waals surface area contributed by atoms with Crippen molar-refractivity contribution in [1.82, 2.24) is 0 Å². The Kier molecular flexibility index (Phi) is 8.10. The van der Waals surface area contributed by atoms with Gasteiger partial charge in [-0.15, -0.1) is 11.3 Å². The molecule has 0 spiro atoms. The van der Waals surface area contributed by atoms with Crippen molar-refractivity contribution < 1.29 is 23.8 Å². The second-order valence-corrected chi connectivity index (χ2v) is 10.1. The standard InChI is InChI=1S/C29H31NO5S/c1-18-9-12-22-25(15-18)36-28(27(22)29(32)34-4)30-26(31)14-11-20-10-13-23(24(16-20)33-3)35-17-21-8-6-5-7-19(21)2/h5-8,10-11,13-14,16,18H,9,12,15,17H2,1-4H3,(H,30,31). The lowest BCUT2D eigenvalue weighted by atomic mass is 9.88. The number of benzene rings is 2. The molecule has 0 fully saturated rings. The molecule has 4 rings (SSSR count). The first-order valence-corrected chi connectivity index (χ1v) is 12.8. The van der Waals surface area contributed by atoms with E-state index in [0.29, 0.717) is 34.6 Å². The molecule has 188 valence electrons. The molecule has 1 heterocycles. The first-order valence-electron chi connectivity index (χ1n) is 12.0. The van der Waals surface area contributed by atoms with Gasteiger partial charge in [-0.3, -0.25) is 4.79 Å². The molecule has 2 aromatic carbocycles. The third-order valence-corrected chi connectivity index (χ3v) is 7.57. The van der Waals surface area contributed by atoms with Gasteiger partial charge in [0.2, 0.25) is 5.91 Å². The summed E-state index contributed by atoms with van der Waals surface area (Å²) in [4.78, 5) is 26.4. The number of fused-ring (bicyclic) bond motifs is 1. The van der Waals surface area contributed by atoms with Crippen LogP contribution in [-0.2, 0) is 29.0 Å². The van der Waals surface area contributed by atoms with Crippen LogP contribution >= 0.6 is 11.3 Å². The summed E-state index contributed by atoms with van der Waals surface area (Å²) >= 11 is 1.47. The van der Waals surface area contributed by atoms with E-state index in [0.717, 1.165) is 40.8 Å². The molecule has 0 saturated carbocycles. The Morgan fingerprint density at radius 3 is 2.69 bits per heavy atom. The zero-order valence-corrected chi connectivity index (χ0v) is 21.9. The number of amides is 1. The van der Waals surface area contributed by atoms with Gasteiger partial charge in [0, 0.05) is 11.0 Å². The fraction of sp³-hybridized carbons (Fsp3) is 0.310. The van der Waals surface area contributed by atoms with E-state index in [-0.39, 0.29) is 5.91 Å². The van der Waals surface area contributed by atoms with Crippen LogP contribution in [0.4, 0.5) is 5.00 Å². The van der Waals surface area contributed by atoms with Crippen LogP contribution in [0.2, 0.25) is 0 Å². The van der Waals surface area contributed by atoms with Crippen molar-refractivity contribution in [2.75, 3.05) is 19.5 Å². The highest BCUT2D eigenvalue weighted by Gasteiger charge is 2.28. The smallest absolute Gasteiger partial charge is 0.341 e. The molecule has 3 aromatic rings. The number of hydrogen-bond acceptors (Lipinski definition) is 6. The summed E-state index contributed by atoms with van der Waals surface area (Å²) in [6.07, 6.45) is 5.91. The van der Waals surface area contributed by atoms with Crippen LogP contribution in [0.5, 0.6) is 11.5 Å². The molecule has 7 heteroatoms. The number of anilines is 1. The fourth-order valence-electron chi connectivity index (χ4n) is 4.32. The Labute approximate surface area is 215 Å². The van der Waals surface area contributed by atoms with Crippen LogP contribution in [0, 0.1) is 12.8 Å². The van der Waals surface area contributed by atoms with Gasteiger partial charge in [-0.1, -0.05) is 37.3 Å². The molecule has 1 unspecified atom stereocenters. The topological polar surface area (TPSA) is 73.9 Å². The Morgan fingerprint density at radius 2 is 1.94 bits per heavy atom. The number of carbonyl (C=O) groups is 2. The Bertz CT molecular complexity index is 1290. The number of ether oxygens (including phenoxy) is 3. The fourth-order valence-corrected chi connectivity index (χ4v) is 5.72. The number of hydrogen-bond donors (Lipinski definition) is 1. The van der Waals surface area contributed by atoms with Crippen LogP contribution in [-0.4, -0.2) is 26.1 Å². The van der Waals surface area contributed by atoms with E-state index in [2.05, 4.69) is 25.2 Å². The quantitative estimate of drug-likeness (QED) is 0.291. The van der Waals surface area contributed by atoms with Gasteiger partial charge < -0.3 is 19.5 Å². The highest BCUT2D eigenvalue weighted by Crippen LogP contribution is 2.40. The number of aryl methyl sites for hydroxylation is 1. The molecule has 1 amide bonds. The predicted octanol–water partition coefficient (Wildman–Crippen LogP) is 6.21. The molecule has 1 aliphatic carbocycles. The molecule has 0 saturated heterocycles. The average molecular weight is 506 g/mol. The molecular weight excluding hydrogens is 474 g/mol. The molecule has 1 aromatic heterocycles. The summed E-state index contributed by atoms with van der Waals surface area (Å²) in [5.74, 6) is 1.05. The van der Waals surface area contributed by atoms with E-state index < -0.39 is 5.97 Å². The maximum absolute atomic E-state index is 12.7. The number of esters is 1. The van der Waals surface area contributed by atoms with Crippen molar-refractivity contribution in [3.8, 4) is 11.5 Å². The Balaban J connectivity index is 1.46. The van der Waals surface area contributed by atoms with Gasteiger partial charge in [0.15, 0.2) is 11.5 Å².